The number of allylic oxidation sites excluding steroid dienone is 1. The average molecular weight is 336 g/mol. The van der Waals surface area contributed by atoms with Crippen LogP contribution in [0.25, 0.3) is 0 Å². The van der Waals surface area contributed by atoms with Crippen LogP contribution in [0.3, 0.4) is 0 Å². The number of esters is 1. The minimum atomic E-state index is -4.70. The molecule has 0 unspecified atom stereocenters. The van der Waals surface area contributed by atoms with E-state index in [0.29, 0.717) is 13.0 Å². The van der Waals surface area contributed by atoms with E-state index in [1.165, 1.54) is 6.08 Å². The molecule has 8 heteroatoms. The zero-order chi connectivity index (χ0) is 16.8. The number of hydrogen-bond acceptors (Lipinski definition) is 5. The Hall–Kier alpha value is -1.17. The van der Waals surface area contributed by atoms with Gasteiger partial charge in [-0.3, -0.25) is 14.6 Å². The molecule has 0 saturated carbocycles. The van der Waals surface area contributed by atoms with Gasteiger partial charge in [0, 0.05) is 12.5 Å². The number of unbranched alkanes of at least 4 members (excludes halogenated alkanes) is 6. The first-order chi connectivity index (χ1) is 10.3. The van der Waals surface area contributed by atoms with Crippen LogP contribution in [0.1, 0.15) is 58.3 Å². The van der Waals surface area contributed by atoms with Gasteiger partial charge in [-0.15, -0.1) is 0 Å². The van der Waals surface area contributed by atoms with E-state index in [-0.39, 0.29) is 12.4 Å². The maximum absolute atomic E-state index is 11.0. The first-order valence-electron chi connectivity index (χ1n) is 7.42. The Balaban J connectivity index is 3.32. The maximum atomic E-state index is 11.0. The summed E-state index contributed by atoms with van der Waals surface area (Å²) < 4.78 is 19.3. The van der Waals surface area contributed by atoms with Crippen LogP contribution in [0.5, 0.6) is 0 Å². The van der Waals surface area contributed by atoms with Crippen LogP contribution >= 0.6 is 7.82 Å². The fourth-order valence-corrected chi connectivity index (χ4v) is 2.15. The molecule has 2 N–H and O–H groups in total. The highest BCUT2D eigenvalue weighted by molar-refractivity contribution is 7.46. The van der Waals surface area contributed by atoms with Gasteiger partial charge in [0.2, 0.25) is 0 Å². The van der Waals surface area contributed by atoms with Gasteiger partial charge in [-0.2, -0.15) is 0 Å². The zero-order valence-corrected chi connectivity index (χ0v) is 13.8. The molecule has 0 aromatic rings. The van der Waals surface area contributed by atoms with Crippen molar-refractivity contribution in [2.45, 2.75) is 58.3 Å². The van der Waals surface area contributed by atoms with Crippen molar-refractivity contribution in [3.05, 3.63) is 12.2 Å². The summed E-state index contributed by atoms with van der Waals surface area (Å²) in [5.41, 5.74) is 0. The van der Waals surface area contributed by atoms with Crippen molar-refractivity contribution < 1.29 is 33.2 Å². The molecule has 0 aliphatic rings. The number of ether oxygens (including phenoxy) is 1. The van der Waals surface area contributed by atoms with Gasteiger partial charge >= 0.3 is 19.8 Å². The Morgan fingerprint density at radius 2 is 1.55 bits per heavy atom. The highest BCUT2D eigenvalue weighted by Gasteiger charge is 2.19. The molecule has 22 heavy (non-hydrogen) atoms. The standard InChI is InChI=1S/C14H25O7P/c1-2-10-13(15)20-12-9-7-5-3-4-6-8-11-14(16)21-22(17,18)19/h2,10H,3-9,11-12H2,1H3,(H2,17,18,19). The van der Waals surface area contributed by atoms with Gasteiger partial charge in [0.15, 0.2) is 0 Å². The van der Waals surface area contributed by atoms with Crippen molar-refractivity contribution in [1.29, 1.82) is 0 Å². The van der Waals surface area contributed by atoms with Crippen LogP contribution in [-0.2, 0) is 23.4 Å². The Morgan fingerprint density at radius 1 is 1.00 bits per heavy atom. The maximum Gasteiger partial charge on any atom is 0.526 e. The third-order valence-corrected chi connectivity index (χ3v) is 3.23. The van der Waals surface area contributed by atoms with E-state index < -0.39 is 13.8 Å². The van der Waals surface area contributed by atoms with Gasteiger partial charge in [-0.25, -0.2) is 9.36 Å². The van der Waals surface area contributed by atoms with Gasteiger partial charge in [-0.1, -0.05) is 38.2 Å². The summed E-state index contributed by atoms with van der Waals surface area (Å²) in [6.45, 7) is 2.19. The minimum absolute atomic E-state index is 0.0198. The highest BCUT2D eigenvalue weighted by atomic mass is 31.2. The summed E-state index contributed by atoms with van der Waals surface area (Å²) in [4.78, 5) is 38.9. The van der Waals surface area contributed by atoms with E-state index >= 15 is 0 Å². The predicted molar refractivity (Wildman–Crippen MR) is 80.8 cm³/mol. The van der Waals surface area contributed by atoms with Crippen molar-refractivity contribution in [2.75, 3.05) is 6.61 Å². The Labute approximate surface area is 130 Å². The molecular formula is C14H25O7P. The molecule has 0 spiro atoms. The third kappa shape index (κ3) is 15.2. The summed E-state index contributed by atoms with van der Waals surface area (Å²) >= 11 is 0. The summed E-state index contributed by atoms with van der Waals surface area (Å²) in [5, 5.41) is 0. The monoisotopic (exact) mass is 336 g/mol. The zero-order valence-electron chi connectivity index (χ0n) is 12.9. The average Bonchev–Trinajstić information content (AvgIpc) is 2.39. The molecule has 0 aliphatic heterocycles. The summed E-state index contributed by atoms with van der Waals surface area (Å²) in [5.74, 6) is -1.18. The van der Waals surface area contributed by atoms with Gasteiger partial charge < -0.3 is 9.26 Å². The van der Waals surface area contributed by atoms with E-state index in [2.05, 4.69) is 4.52 Å². The predicted octanol–water partition coefficient (Wildman–Crippen LogP) is 2.86. The molecular weight excluding hydrogens is 311 g/mol. The van der Waals surface area contributed by atoms with E-state index in [1.807, 2.05) is 0 Å². The first kappa shape index (κ1) is 20.8. The second-order valence-electron chi connectivity index (χ2n) is 4.85. The van der Waals surface area contributed by atoms with Gasteiger partial charge in [0.25, 0.3) is 0 Å². The fraction of sp³-hybridized carbons (Fsp3) is 0.714. The number of hydrogen-bond donors (Lipinski definition) is 2. The lowest BCUT2D eigenvalue weighted by atomic mass is 10.1. The molecule has 0 heterocycles. The number of phosphoric ester groups is 1. The lowest BCUT2D eigenvalue weighted by Gasteiger charge is -2.05. The third-order valence-electron chi connectivity index (χ3n) is 2.79. The Morgan fingerprint density at radius 3 is 2.09 bits per heavy atom. The van der Waals surface area contributed by atoms with Gasteiger partial charge in [0.1, 0.15) is 0 Å². The van der Waals surface area contributed by atoms with Crippen molar-refractivity contribution in [1.82, 2.24) is 0 Å². The Bertz CT molecular complexity index is 400. The molecule has 0 radical (unpaired) electrons. The van der Waals surface area contributed by atoms with Crippen LogP contribution in [0.15, 0.2) is 12.2 Å². The number of rotatable bonds is 12. The summed E-state index contributed by atoms with van der Waals surface area (Å²) in [6, 6.07) is 0. The van der Waals surface area contributed by atoms with E-state index in [4.69, 9.17) is 14.5 Å². The Kier molecular flexibility index (Phi) is 11.7. The molecule has 128 valence electrons. The van der Waals surface area contributed by atoms with Crippen molar-refractivity contribution in [2.24, 2.45) is 0 Å². The van der Waals surface area contributed by atoms with E-state index in [0.717, 1.165) is 38.5 Å². The lowest BCUT2D eigenvalue weighted by molar-refractivity contribution is -0.138. The fourth-order valence-electron chi connectivity index (χ4n) is 1.79. The molecule has 7 nitrogen and oxygen atoms in total. The molecule has 0 saturated heterocycles. The normalized spacial score (nSPS) is 11.6. The molecule has 0 bridgehead atoms. The minimum Gasteiger partial charge on any atom is -0.463 e. The molecule has 0 aromatic heterocycles. The quantitative estimate of drug-likeness (QED) is 0.244. The first-order valence-corrected chi connectivity index (χ1v) is 8.95. The number of carbonyl (C=O) groups is 2. The second kappa shape index (κ2) is 12.4. The smallest absolute Gasteiger partial charge is 0.463 e. The van der Waals surface area contributed by atoms with Crippen LogP contribution in [0.4, 0.5) is 0 Å². The van der Waals surface area contributed by atoms with Crippen LogP contribution in [0.2, 0.25) is 0 Å². The number of phosphoric acid groups is 1. The SMILES string of the molecule is CC=CC(=O)OCCCCCCCCCC(=O)OP(=O)(O)O. The molecule has 0 atom stereocenters. The molecule has 0 aromatic carbocycles. The molecule has 0 rings (SSSR count). The van der Waals surface area contributed by atoms with Crippen molar-refractivity contribution >= 4 is 19.8 Å². The van der Waals surface area contributed by atoms with Gasteiger partial charge in [-0.05, 0) is 19.8 Å². The van der Waals surface area contributed by atoms with Crippen LogP contribution < -0.4 is 0 Å². The van der Waals surface area contributed by atoms with E-state index in [9.17, 15) is 14.2 Å². The van der Waals surface area contributed by atoms with Crippen molar-refractivity contribution in [3.63, 3.8) is 0 Å². The largest absolute Gasteiger partial charge is 0.526 e. The van der Waals surface area contributed by atoms with Crippen LogP contribution in [0, 0.1) is 0 Å². The summed E-state index contributed by atoms with van der Waals surface area (Å²) in [7, 11) is -4.70. The van der Waals surface area contributed by atoms with Crippen molar-refractivity contribution in [3.8, 4) is 0 Å². The van der Waals surface area contributed by atoms with Crippen LogP contribution in [-0.4, -0.2) is 28.3 Å². The molecule has 0 amide bonds. The summed E-state index contributed by atoms with van der Waals surface area (Å²) in [6.07, 6.45) is 9.20. The topological polar surface area (TPSA) is 110 Å². The lowest BCUT2D eigenvalue weighted by Crippen LogP contribution is -2.02. The molecule has 0 fully saturated rings. The van der Waals surface area contributed by atoms with Gasteiger partial charge in [0.05, 0.1) is 6.61 Å². The highest BCUT2D eigenvalue weighted by Crippen LogP contribution is 2.36. The molecule has 0 aliphatic carbocycles. The van der Waals surface area contributed by atoms with E-state index in [1.54, 1.807) is 13.0 Å². The number of carbonyl (C=O) groups excluding carboxylic acids is 2. The second-order valence-corrected chi connectivity index (χ2v) is 6.01.